The van der Waals surface area contributed by atoms with Crippen LogP contribution in [0.15, 0.2) is 47.4 Å². The first-order chi connectivity index (χ1) is 15.8. The molecule has 9 nitrogen and oxygen atoms in total. The van der Waals surface area contributed by atoms with Crippen LogP contribution in [0.25, 0.3) is 0 Å². The van der Waals surface area contributed by atoms with Crippen molar-refractivity contribution in [1.82, 2.24) is 4.72 Å². The van der Waals surface area contributed by atoms with Gasteiger partial charge in [-0.2, -0.15) is 0 Å². The van der Waals surface area contributed by atoms with E-state index in [0.29, 0.717) is 45.2 Å². The Kier molecular flexibility index (Phi) is 10.6. The molecule has 0 saturated heterocycles. The molecular formula is C23H32N2O7S. The maximum atomic E-state index is 12.9. The number of sulfonamides is 1. The first kappa shape index (κ1) is 26.6. The van der Waals surface area contributed by atoms with Crippen LogP contribution in [0.2, 0.25) is 0 Å². The van der Waals surface area contributed by atoms with E-state index < -0.39 is 16.0 Å². The van der Waals surface area contributed by atoms with Gasteiger partial charge in [-0.15, -0.1) is 0 Å². The van der Waals surface area contributed by atoms with Gasteiger partial charge in [0.1, 0.15) is 11.5 Å². The Morgan fingerprint density at radius 1 is 1.03 bits per heavy atom. The third kappa shape index (κ3) is 7.71. The monoisotopic (exact) mass is 480 g/mol. The van der Waals surface area contributed by atoms with Crippen LogP contribution in [0.5, 0.6) is 5.75 Å². The van der Waals surface area contributed by atoms with Gasteiger partial charge in [-0.25, -0.2) is 17.9 Å². The van der Waals surface area contributed by atoms with Crippen LogP contribution in [0, 0.1) is 0 Å². The number of anilines is 1. The summed E-state index contributed by atoms with van der Waals surface area (Å²) >= 11 is 0. The lowest BCUT2D eigenvalue weighted by atomic mass is 10.1. The zero-order valence-corrected chi connectivity index (χ0v) is 20.1. The molecule has 0 unspecified atom stereocenters. The number of aromatic carboxylic acids is 1. The van der Waals surface area contributed by atoms with Gasteiger partial charge in [-0.3, -0.25) is 0 Å². The highest BCUT2D eigenvalue weighted by molar-refractivity contribution is 7.89. The van der Waals surface area contributed by atoms with E-state index in [1.807, 2.05) is 49.1 Å². The van der Waals surface area contributed by atoms with Crippen molar-refractivity contribution < 1.29 is 32.5 Å². The summed E-state index contributed by atoms with van der Waals surface area (Å²) in [5, 5.41) is 9.66. The van der Waals surface area contributed by atoms with Crippen LogP contribution in [-0.4, -0.2) is 66.1 Å². The molecule has 0 radical (unpaired) electrons. The van der Waals surface area contributed by atoms with E-state index in [1.54, 1.807) is 0 Å². The smallest absolute Gasteiger partial charge is 0.335 e. The van der Waals surface area contributed by atoms with Crippen LogP contribution in [0.1, 0.15) is 29.8 Å². The predicted molar refractivity (Wildman–Crippen MR) is 126 cm³/mol. The van der Waals surface area contributed by atoms with Crippen LogP contribution in [0.3, 0.4) is 0 Å². The molecule has 0 saturated carbocycles. The largest absolute Gasteiger partial charge is 0.485 e. The van der Waals surface area contributed by atoms with Crippen molar-refractivity contribution in [2.24, 2.45) is 0 Å². The second-order valence-electron chi connectivity index (χ2n) is 6.99. The lowest BCUT2D eigenvalue weighted by Crippen LogP contribution is -2.32. The lowest BCUT2D eigenvalue weighted by Gasteiger charge is -2.28. The fourth-order valence-corrected chi connectivity index (χ4v) is 4.03. The number of hydrogen-bond acceptors (Lipinski definition) is 7. The number of nitrogens with one attached hydrogen (secondary N) is 1. The van der Waals surface area contributed by atoms with Gasteiger partial charge < -0.3 is 24.2 Å². The average molecular weight is 481 g/mol. The molecule has 0 aliphatic rings. The molecule has 2 aromatic rings. The molecular weight excluding hydrogens is 448 g/mol. The molecule has 10 heteroatoms. The number of nitrogens with zero attached hydrogens (tertiary/aromatic N) is 1. The minimum absolute atomic E-state index is 0.0752. The van der Waals surface area contributed by atoms with E-state index in [-0.39, 0.29) is 22.8 Å². The van der Waals surface area contributed by atoms with Crippen LogP contribution >= 0.6 is 0 Å². The number of carboxylic acids is 1. The van der Waals surface area contributed by atoms with Crippen molar-refractivity contribution in [1.29, 1.82) is 0 Å². The number of carbonyl (C=O) groups is 1. The third-order valence-electron chi connectivity index (χ3n) is 4.83. The lowest BCUT2D eigenvalue weighted by molar-refractivity contribution is 0.0696. The summed E-state index contributed by atoms with van der Waals surface area (Å²) in [6.45, 7) is 6.42. The Morgan fingerprint density at radius 2 is 1.64 bits per heavy atom. The Bertz CT molecular complexity index is 987. The van der Waals surface area contributed by atoms with E-state index in [4.69, 9.17) is 14.2 Å². The maximum Gasteiger partial charge on any atom is 0.335 e. The quantitative estimate of drug-likeness (QED) is 0.374. The first-order valence-corrected chi connectivity index (χ1v) is 12.2. The van der Waals surface area contributed by atoms with E-state index in [1.165, 1.54) is 13.1 Å². The highest BCUT2D eigenvalue weighted by Gasteiger charge is 2.27. The van der Waals surface area contributed by atoms with E-state index in [2.05, 4.69) is 4.72 Å². The summed E-state index contributed by atoms with van der Waals surface area (Å²) in [6, 6.07) is 11.8. The molecule has 0 aromatic heterocycles. The topological polar surface area (TPSA) is 114 Å². The molecule has 182 valence electrons. The van der Waals surface area contributed by atoms with Crippen LogP contribution in [0.4, 0.5) is 5.69 Å². The number of rotatable bonds is 15. The van der Waals surface area contributed by atoms with Gasteiger partial charge in [-0.1, -0.05) is 30.3 Å². The number of carboxylic acid groups (broad SMARTS) is 1. The highest BCUT2D eigenvalue weighted by atomic mass is 32.2. The maximum absolute atomic E-state index is 12.9. The summed E-state index contributed by atoms with van der Waals surface area (Å²) in [4.78, 5) is 13.4. The highest BCUT2D eigenvalue weighted by Crippen LogP contribution is 2.37. The van der Waals surface area contributed by atoms with Gasteiger partial charge in [0.05, 0.1) is 24.5 Å². The summed E-state index contributed by atoms with van der Waals surface area (Å²) in [5.41, 5.74) is 1.02. The number of benzene rings is 2. The molecule has 0 fully saturated rings. The minimum atomic E-state index is -4.02. The van der Waals surface area contributed by atoms with E-state index in [0.717, 1.165) is 11.6 Å². The summed E-state index contributed by atoms with van der Waals surface area (Å²) in [6.07, 6.45) is 0. The van der Waals surface area contributed by atoms with E-state index >= 15 is 0 Å². The van der Waals surface area contributed by atoms with Gasteiger partial charge in [0.15, 0.2) is 5.75 Å². The Hall–Kier alpha value is -2.66. The average Bonchev–Trinajstić information content (AvgIpc) is 2.82. The molecule has 0 spiro atoms. The minimum Gasteiger partial charge on any atom is -0.485 e. The summed E-state index contributed by atoms with van der Waals surface area (Å²) < 4.78 is 45.0. The van der Waals surface area contributed by atoms with Crippen molar-refractivity contribution in [2.75, 3.05) is 51.5 Å². The molecule has 33 heavy (non-hydrogen) atoms. The molecule has 2 aromatic carbocycles. The fraction of sp³-hybridized carbons (Fsp3) is 0.435. The van der Waals surface area contributed by atoms with Crippen molar-refractivity contribution in [3.63, 3.8) is 0 Å². The summed E-state index contributed by atoms with van der Waals surface area (Å²) in [5.74, 6) is -1.17. The molecule has 0 aliphatic heterocycles. The standard InChI is InChI=1S/C23H32N2O7S/c1-4-30-13-11-25(12-14-31-5-2)20-15-19(23(26)27)16-21(33(28,29)24-3)22(20)32-17-18-9-7-6-8-10-18/h6-10,15-16,24H,4-5,11-14,17H2,1-3H3,(H,26,27). The summed E-state index contributed by atoms with van der Waals surface area (Å²) in [7, 11) is -2.75. The van der Waals surface area contributed by atoms with Crippen LogP contribution < -0.4 is 14.4 Å². The van der Waals surface area contributed by atoms with Gasteiger partial charge in [0.25, 0.3) is 0 Å². The van der Waals surface area contributed by atoms with Gasteiger partial charge in [0.2, 0.25) is 10.0 Å². The Balaban J connectivity index is 2.61. The molecule has 0 heterocycles. The van der Waals surface area contributed by atoms with Crippen molar-refractivity contribution in [3.8, 4) is 5.75 Å². The second kappa shape index (κ2) is 13.1. The third-order valence-corrected chi connectivity index (χ3v) is 6.25. The van der Waals surface area contributed by atoms with Crippen LogP contribution in [-0.2, 0) is 26.1 Å². The fourth-order valence-electron chi connectivity index (χ4n) is 3.12. The molecule has 0 atom stereocenters. The van der Waals surface area contributed by atoms with Crippen molar-refractivity contribution in [2.45, 2.75) is 25.3 Å². The van der Waals surface area contributed by atoms with Crippen molar-refractivity contribution >= 4 is 21.7 Å². The molecule has 0 aliphatic carbocycles. The van der Waals surface area contributed by atoms with Gasteiger partial charge in [-0.05, 0) is 38.6 Å². The molecule has 0 amide bonds. The van der Waals surface area contributed by atoms with Gasteiger partial charge >= 0.3 is 5.97 Å². The number of hydrogen-bond donors (Lipinski definition) is 2. The van der Waals surface area contributed by atoms with E-state index in [9.17, 15) is 18.3 Å². The predicted octanol–water partition coefficient (Wildman–Crippen LogP) is 2.75. The zero-order chi connectivity index (χ0) is 24.3. The SMILES string of the molecule is CCOCCN(CCOCC)c1cc(C(=O)O)cc(S(=O)(=O)NC)c1OCc1ccccc1. The molecule has 2 rings (SSSR count). The second-order valence-corrected chi connectivity index (χ2v) is 8.85. The molecule has 2 N–H and O–H groups in total. The Labute approximate surface area is 195 Å². The Morgan fingerprint density at radius 3 is 2.15 bits per heavy atom. The number of ether oxygens (including phenoxy) is 3. The zero-order valence-electron chi connectivity index (χ0n) is 19.2. The first-order valence-electron chi connectivity index (χ1n) is 10.8. The normalized spacial score (nSPS) is 11.4. The van der Waals surface area contributed by atoms with Crippen molar-refractivity contribution in [3.05, 3.63) is 53.6 Å². The molecule has 0 bridgehead atoms. The van der Waals surface area contributed by atoms with Gasteiger partial charge in [0, 0.05) is 26.3 Å².